The predicted molar refractivity (Wildman–Crippen MR) is 75.3 cm³/mol. The molecule has 3 atom stereocenters. The van der Waals surface area contributed by atoms with Crippen LogP contribution in [0.3, 0.4) is 0 Å². The number of aromatic amines is 2. The lowest BCUT2D eigenvalue weighted by Gasteiger charge is -2.04. The molecule has 3 aromatic rings. The normalized spacial score (nSPS) is 25.6. The highest BCUT2D eigenvalue weighted by atomic mass is 15.5. The Balaban J connectivity index is 1.41. The minimum absolute atomic E-state index is 0.591. The molecule has 1 aromatic carbocycles. The van der Waals surface area contributed by atoms with E-state index >= 15 is 0 Å². The average Bonchev–Trinajstić information content (AvgIpc) is 2.99. The molecule has 2 aliphatic rings. The maximum Gasteiger partial charge on any atom is 0.225 e. The van der Waals surface area contributed by atoms with Gasteiger partial charge >= 0.3 is 0 Å². The first-order valence-electron chi connectivity index (χ1n) is 7.26. The number of rotatable bonds is 3. The van der Waals surface area contributed by atoms with E-state index in [4.69, 9.17) is 0 Å². The number of hydrogen-bond donors (Lipinski definition) is 2. The molecule has 5 rings (SSSR count). The zero-order chi connectivity index (χ0) is 13.8. The summed E-state index contributed by atoms with van der Waals surface area (Å²) in [5, 5.41) is 21.8. The first-order valence-corrected chi connectivity index (χ1v) is 7.26. The first-order chi connectivity index (χ1) is 10.4. The van der Waals surface area contributed by atoms with Gasteiger partial charge in [-0.1, -0.05) is 30.3 Å². The Morgan fingerprint density at radius 3 is 2.86 bits per heavy atom. The number of hydrogen-bond acceptors (Lipinski definition) is 4. The zero-order valence-corrected chi connectivity index (χ0v) is 11.3. The van der Waals surface area contributed by atoms with Gasteiger partial charge in [0.25, 0.3) is 0 Å². The molecular weight excluding hydrogens is 264 g/mol. The quantitative estimate of drug-likeness (QED) is 0.764. The lowest BCUT2D eigenvalue weighted by atomic mass is 10.0. The van der Waals surface area contributed by atoms with Crippen molar-refractivity contribution < 1.29 is 0 Å². The fourth-order valence-corrected chi connectivity index (χ4v) is 3.86. The fourth-order valence-electron chi connectivity index (χ4n) is 3.86. The van der Waals surface area contributed by atoms with Crippen molar-refractivity contribution in [2.24, 2.45) is 11.8 Å². The van der Waals surface area contributed by atoms with Crippen LogP contribution in [-0.2, 0) is 12.8 Å². The van der Waals surface area contributed by atoms with Crippen molar-refractivity contribution >= 4 is 0 Å². The summed E-state index contributed by atoms with van der Waals surface area (Å²) in [6.45, 7) is 0. The minimum atomic E-state index is 0.591. The fraction of sp³-hybridized carbons (Fsp3) is 0.333. The Bertz CT molecular complexity index is 776. The van der Waals surface area contributed by atoms with Gasteiger partial charge in [-0.2, -0.15) is 10.3 Å². The smallest absolute Gasteiger partial charge is 0.225 e. The van der Waals surface area contributed by atoms with Gasteiger partial charge < -0.3 is 0 Å². The third kappa shape index (κ3) is 1.59. The van der Waals surface area contributed by atoms with Crippen molar-refractivity contribution in [3.63, 3.8) is 0 Å². The molecule has 104 valence electrons. The van der Waals surface area contributed by atoms with Gasteiger partial charge in [0.1, 0.15) is 5.69 Å². The largest absolute Gasteiger partial charge is 0.281 e. The van der Waals surface area contributed by atoms with Crippen LogP contribution < -0.4 is 0 Å². The van der Waals surface area contributed by atoms with Crippen LogP contribution in [0.15, 0.2) is 30.3 Å². The molecule has 0 aliphatic heterocycles. The lowest BCUT2D eigenvalue weighted by molar-refractivity contribution is 0.688. The predicted octanol–water partition coefficient (Wildman–Crippen LogP) is 1.72. The number of H-pyrrole nitrogens is 2. The van der Waals surface area contributed by atoms with Gasteiger partial charge in [-0.25, -0.2) is 0 Å². The van der Waals surface area contributed by atoms with Crippen molar-refractivity contribution in [2.45, 2.75) is 18.8 Å². The maximum atomic E-state index is 4.39. The summed E-state index contributed by atoms with van der Waals surface area (Å²) < 4.78 is 0. The van der Waals surface area contributed by atoms with Crippen LogP contribution in [0.25, 0.3) is 11.5 Å². The van der Waals surface area contributed by atoms with Gasteiger partial charge in [-0.15, -0.1) is 10.2 Å². The van der Waals surface area contributed by atoms with Gasteiger partial charge in [0.15, 0.2) is 0 Å². The van der Waals surface area contributed by atoms with Crippen LogP contribution >= 0.6 is 0 Å². The van der Waals surface area contributed by atoms with Crippen molar-refractivity contribution in [1.29, 1.82) is 0 Å². The third-order valence-corrected chi connectivity index (χ3v) is 4.88. The molecular formula is C15H14N6. The number of benzene rings is 1. The second kappa shape index (κ2) is 4.00. The summed E-state index contributed by atoms with van der Waals surface area (Å²) in [7, 11) is 0. The van der Waals surface area contributed by atoms with Gasteiger partial charge in [0, 0.05) is 17.2 Å². The van der Waals surface area contributed by atoms with E-state index in [0.29, 0.717) is 11.7 Å². The average molecular weight is 278 g/mol. The number of nitrogens with one attached hydrogen (secondary N) is 2. The standard InChI is InChI=1S/C15H14N6/c1-2-4-8(5-3-1)6-9-10-7-11-13(12(9)10)16-17-14(11)15-18-20-21-19-15/h1-5,9-10,12H,6-7H2,(H,16,17)(H,18,19,20,21)/t9-,10-,12+/m0/s1. The number of tetrazole rings is 1. The van der Waals surface area contributed by atoms with E-state index in [2.05, 4.69) is 61.2 Å². The highest BCUT2D eigenvalue weighted by molar-refractivity contribution is 5.59. The molecule has 2 N–H and O–H groups in total. The second-order valence-corrected chi connectivity index (χ2v) is 5.95. The highest BCUT2D eigenvalue weighted by Gasteiger charge is 2.57. The van der Waals surface area contributed by atoms with E-state index in [-0.39, 0.29) is 0 Å². The SMILES string of the molecule is c1ccc(C[C@H]2[C@@H]3Cc4c(-c5nn[nH]n5)n[nH]c4[C@H]23)cc1. The van der Waals surface area contributed by atoms with Gasteiger partial charge in [-0.05, 0) is 35.5 Å². The first kappa shape index (κ1) is 11.2. The molecule has 0 amide bonds. The molecule has 1 fully saturated rings. The molecule has 0 radical (unpaired) electrons. The Labute approximate surface area is 121 Å². The molecule has 0 unspecified atom stereocenters. The molecule has 6 heteroatoms. The van der Waals surface area contributed by atoms with Crippen LogP contribution in [-0.4, -0.2) is 30.8 Å². The van der Waals surface area contributed by atoms with Gasteiger partial charge in [0.2, 0.25) is 5.82 Å². The van der Waals surface area contributed by atoms with E-state index in [1.165, 1.54) is 16.8 Å². The van der Waals surface area contributed by atoms with Crippen molar-refractivity contribution in [1.82, 2.24) is 30.8 Å². The van der Waals surface area contributed by atoms with Gasteiger partial charge in [-0.3, -0.25) is 5.10 Å². The van der Waals surface area contributed by atoms with E-state index in [0.717, 1.165) is 30.4 Å². The maximum absolute atomic E-state index is 4.39. The Morgan fingerprint density at radius 2 is 2.05 bits per heavy atom. The van der Waals surface area contributed by atoms with Crippen LogP contribution in [0.1, 0.15) is 22.7 Å². The molecule has 0 bridgehead atoms. The molecule has 1 saturated carbocycles. The molecule has 2 aromatic heterocycles. The molecule has 6 nitrogen and oxygen atoms in total. The highest BCUT2D eigenvalue weighted by Crippen LogP contribution is 2.62. The van der Waals surface area contributed by atoms with Crippen LogP contribution in [0.2, 0.25) is 0 Å². The number of fused-ring (bicyclic) bond motifs is 3. The van der Waals surface area contributed by atoms with Crippen LogP contribution in [0, 0.1) is 11.8 Å². The van der Waals surface area contributed by atoms with E-state index in [9.17, 15) is 0 Å². The van der Waals surface area contributed by atoms with E-state index in [1.807, 2.05) is 0 Å². The van der Waals surface area contributed by atoms with Gasteiger partial charge in [0.05, 0.1) is 0 Å². The van der Waals surface area contributed by atoms with Crippen LogP contribution in [0.5, 0.6) is 0 Å². The molecule has 0 spiro atoms. The lowest BCUT2D eigenvalue weighted by Crippen LogP contribution is -1.97. The Hall–Kier alpha value is -2.50. The molecule has 2 heterocycles. The second-order valence-electron chi connectivity index (χ2n) is 5.95. The Kier molecular flexibility index (Phi) is 2.13. The monoisotopic (exact) mass is 278 g/mol. The molecule has 0 saturated heterocycles. The van der Waals surface area contributed by atoms with Crippen molar-refractivity contribution in [3.8, 4) is 11.5 Å². The van der Waals surface area contributed by atoms with Crippen molar-refractivity contribution in [3.05, 3.63) is 47.2 Å². The topological polar surface area (TPSA) is 83.1 Å². The number of aromatic nitrogens is 6. The van der Waals surface area contributed by atoms with Crippen molar-refractivity contribution in [2.75, 3.05) is 0 Å². The van der Waals surface area contributed by atoms with E-state index < -0.39 is 0 Å². The summed E-state index contributed by atoms with van der Waals surface area (Å²) in [5.41, 5.74) is 4.87. The zero-order valence-electron chi connectivity index (χ0n) is 11.3. The Morgan fingerprint density at radius 1 is 1.14 bits per heavy atom. The minimum Gasteiger partial charge on any atom is -0.281 e. The summed E-state index contributed by atoms with van der Waals surface area (Å²) >= 11 is 0. The number of nitrogens with zero attached hydrogens (tertiary/aromatic N) is 4. The summed E-state index contributed by atoms with van der Waals surface area (Å²) in [6.07, 6.45) is 2.24. The summed E-state index contributed by atoms with van der Waals surface area (Å²) in [4.78, 5) is 0. The summed E-state index contributed by atoms with van der Waals surface area (Å²) in [6, 6.07) is 10.7. The molecule has 21 heavy (non-hydrogen) atoms. The van der Waals surface area contributed by atoms with Crippen LogP contribution in [0.4, 0.5) is 0 Å². The summed E-state index contributed by atoms with van der Waals surface area (Å²) in [5.74, 6) is 2.72. The molecule has 2 aliphatic carbocycles. The third-order valence-electron chi connectivity index (χ3n) is 4.88. The van der Waals surface area contributed by atoms with E-state index in [1.54, 1.807) is 0 Å².